The number of aliphatic imine (C=N–C) groups is 1. The summed E-state index contributed by atoms with van der Waals surface area (Å²) in [6, 6.07) is 13.5. The average molecular weight is 426 g/mol. The van der Waals surface area contributed by atoms with Gasteiger partial charge in [0.05, 0.1) is 24.4 Å². The van der Waals surface area contributed by atoms with Crippen LogP contribution < -0.4 is 22.1 Å². The maximum Gasteiger partial charge on any atom is 0.280 e. The third-order valence-electron chi connectivity index (χ3n) is 4.38. The zero-order valence-electron chi connectivity index (χ0n) is 17.5. The van der Waals surface area contributed by atoms with Crippen molar-refractivity contribution in [3.8, 4) is 6.07 Å². The number of nitriles is 1. The fraction of sp³-hybridized carbons (Fsp3) is 0.318. The molecule has 2 aromatic carbocycles. The number of rotatable bonds is 8. The van der Waals surface area contributed by atoms with E-state index in [2.05, 4.69) is 15.6 Å². The first kappa shape index (κ1) is 24.0. The topological polar surface area (TPSA) is 139 Å². The summed E-state index contributed by atoms with van der Waals surface area (Å²) in [5.74, 6) is -0.717. The van der Waals surface area contributed by atoms with Crippen molar-refractivity contribution in [1.29, 1.82) is 5.26 Å². The van der Waals surface area contributed by atoms with Gasteiger partial charge in [-0.2, -0.15) is 10.3 Å². The first-order valence-corrected chi connectivity index (χ1v) is 9.74. The highest BCUT2D eigenvalue weighted by Crippen LogP contribution is 2.15. The first-order chi connectivity index (χ1) is 14.8. The number of halogens is 1. The normalized spacial score (nSPS) is 14.3. The number of nitrogens with zero attached hydrogens (tertiary/aromatic N) is 2. The SMILES string of the molecule is COC[C@H](C)N/C(=N/C(=O)c1cccc(C#N)c1)NC(N)CC(N)c1ccc(F)cc1. The van der Waals surface area contributed by atoms with E-state index in [0.717, 1.165) is 5.56 Å². The van der Waals surface area contributed by atoms with Crippen LogP contribution in [0.15, 0.2) is 53.5 Å². The van der Waals surface area contributed by atoms with E-state index in [1.54, 1.807) is 37.4 Å². The van der Waals surface area contributed by atoms with Crippen molar-refractivity contribution in [3.05, 3.63) is 71.0 Å². The molecule has 0 saturated carbocycles. The molecule has 9 heteroatoms. The molecule has 8 nitrogen and oxygen atoms in total. The summed E-state index contributed by atoms with van der Waals surface area (Å²) in [5.41, 5.74) is 13.7. The van der Waals surface area contributed by atoms with Crippen molar-refractivity contribution < 1.29 is 13.9 Å². The highest BCUT2D eigenvalue weighted by molar-refractivity contribution is 6.02. The summed E-state index contributed by atoms with van der Waals surface area (Å²) in [6.45, 7) is 2.24. The molecular weight excluding hydrogens is 399 g/mol. The van der Waals surface area contributed by atoms with Crippen molar-refractivity contribution in [2.24, 2.45) is 16.5 Å². The Morgan fingerprint density at radius 3 is 2.58 bits per heavy atom. The number of hydrogen-bond donors (Lipinski definition) is 4. The number of nitrogens with one attached hydrogen (secondary N) is 2. The number of carbonyl (C=O) groups excluding carboxylic acids is 1. The molecule has 2 rings (SSSR count). The molecule has 0 aliphatic heterocycles. The van der Waals surface area contributed by atoms with Gasteiger partial charge < -0.3 is 26.8 Å². The molecule has 1 amide bonds. The van der Waals surface area contributed by atoms with Crippen LogP contribution in [0.2, 0.25) is 0 Å². The van der Waals surface area contributed by atoms with Crippen LogP contribution >= 0.6 is 0 Å². The maximum atomic E-state index is 13.1. The van der Waals surface area contributed by atoms with Crippen molar-refractivity contribution >= 4 is 11.9 Å². The Labute approximate surface area is 181 Å². The van der Waals surface area contributed by atoms with Gasteiger partial charge in [0.15, 0.2) is 0 Å². The summed E-state index contributed by atoms with van der Waals surface area (Å²) in [7, 11) is 1.56. The highest BCUT2D eigenvalue weighted by Gasteiger charge is 2.16. The monoisotopic (exact) mass is 426 g/mol. The Morgan fingerprint density at radius 1 is 1.23 bits per heavy atom. The van der Waals surface area contributed by atoms with E-state index in [9.17, 15) is 9.18 Å². The largest absolute Gasteiger partial charge is 0.383 e. The number of ether oxygens (including phenoxy) is 1. The van der Waals surface area contributed by atoms with Gasteiger partial charge in [-0.3, -0.25) is 4.79 Å². The second-order valence-corrected chi connectivity index (χ2v) is 7.10. The molecule has 6 N–H and O–H groups in total. The molecule has 3 atom stereocenters. The van der Waals surface area contributed by atoms with E-state index >= 15 is 0 Å². The molecule has 0 spiro atoms. The number of nitrogens with two attached hydrogens (primary N) is 2. The number of carbonyl (C=O) groups is 1. The van der Waals surface area contributed by atoms with Crippen LogP contribution in [0.3, 0.4) is 0 Å². The molecule has 2 aromatic rings. The van der Waals surface area contributed by atoms with Gasteiger partial charge in [-0.05, 0) is 49.2 Å². The van der Waals surface area contributed by atoms with Crippen molar-refractivity contribution in [2.45, 2.75) is 31.6 Å². The summed E-state index contributed by atoms with van der Waals surface area (Å²) in [5, 5.41) is 15.1. The highest BCUT2D eigenvalue weighted by atomic mass is 19.1. The lowest BCUT2D eigenvalue weighted by atomic mass is 10.0. The van der Waals surface area contributed by atoms with Crippen LogP contribution in [-0.2, 0) is 4.74 Å². The maximum absolute atomic E-state index is 13.1. The molecular formula is C22H27FN6O2. The fourth-order valence-electron chi connectivity index (χ4n) is 2.87. The Bertz CT molecular complexity index is 942. The summed E-state index contributed by atoms with van der Waals surface area (Å²) in [4.78, 5) is 16.7. The van der Waals surface area contributed by atoms with Crippen LogP contribution in [0.5, 0.6) is 0 Å². The summed E-state index contributed by atoms with van der Waals surface area (Å²) >= 11 is 0. The predicted molar refractivity (Wildman–Crippen MR) is 116 cm³/mol. The minimum Gasteiger partial charge on any atom is -0.383 e. The molecule has 31 heavy (non-hydrogen) atoms. The zero-order chi connectivity index (χ0) is 22.8. The van der Waals surface area contributed by atoms with E-state index in [4.69, 9.17) is 21.5 Å². The van der Waals surface area contributed by atoms with Crippen LogP contribution in [0, 0.1) is 17.1 Å². The van der Waals surface area contributed by atoms with Crippen molar-refractivity contribution in [1.82, 2.24) is 10.6 Å². The lowest BCUT2D eigenvalue weighted by Crippen LogP contribution is -2.52. The molecule has 2 unspecified atom stereocenters. The minimum absolute atomic E-state index is 0.160. The molecule has 164 valence electrons. The van der Waals surface area contributed by atoms with E-state index in [1.807, 2.05) is 13.0 Å². The van der Waals surface area contributed by atoms with Gasteiger partial charge in [0.25, 0.3) is 5.91 Å². The van der Waals surface area contributed by atoms with Gasteiger partial charge in [0.1, 0.15) is 5.82 Å². The zero-order valence-corrected chi connectivity index (χ0v) is 17.5. The van der Waals surface area contributed by atoms with Gasteiger partial charge in [-0.25, -0.2) is 4.39 Å². The number of benzene rings is 2. The smallest absolute Gasteiger partial charge is 0.280 e. The lowest BCUT2D eigenvalue weighted by Gasteiger charge is -2.23. The Morgan fingerprint density at radius 2 is 1.94 bits per heavy atom. The molecule has 0 aliphatic carbocycles. The predicted octanol–water partition coefficient (Wildman–Crippen LogP) is 1.78. The van der Waals surface area contributed by atoms with E-state index in [1.165, 1.54) is 18.2 Å². The van der Waals surface area contributed by atoms with Gasteiger partial charge in [-0.15, -0.1) is 0 Å². The number of guanidine groups is 1. The minimum atomic E-state index is -0.640. The Kier molecular flexibility index (Phi) is 9.09. The molecule has 0 saturated heterocycles. The van der Waals surface area contributed by atoms with E-state index < -0.39 is 18.1 Å². The quantitative estimate of drug-likeness (QED) is 0.287. The number of methoxy groups -OCH3 is 1. The molecule has 0 aromatic heterocycles. The number of amides is 1. The fourth-order valence-corrected chi connectivity index (χ4v) is 2.87. The third kappa shape index (κ3) is 7.79. The lowest BCUT2D eigenvalue weighted by molar-refractivity contribution is 0.100. The van der Waals surface area contributed by atoms with Crippen molar-refractivity contribution in [2.75, 3.05) is 13.7 Å². The molecule has 0 radical (unpaired) electrons. The molecule has 0 aliphatic rings. The molecule has 0 heterocycles. The van der Waals surface area contributed by atoms with Crippen LogP contribution in [-0.4, -0.2) is 37.8 Å². The van der Waals surface area contributed by atoms with Crippen LogP contribution in [0.4, 0.5) is 4.39 Å². The second kappa shape index (κ2) is 11.8. The summed E-state index contributed by atoms with van der Waals surface area (Å²) in [6.07, 6.45) is -0.331. The summed E-state index contributed by atoms with van der Waals surface area (Å²) < 4.78 is 18.2. The van der Waals surface area contributed by atoms with Gasteiger partial charge >= 0.3 is 0 Å². The van der Waals surface area contributed by atoms with Gasteiger partial charge in [0, 0.05) is 24.8 Å². The Balaban J connectivity index is 2.14. The Hall–Kier alpha value is -3.32. The van der Waals surface area contributed by atoms with E-state index in [-0.39, 0.29) is 23.4 Å². The van der Waals surface area contributed by atoms with Crippen LogP contribution in [0.25, 0.3) is 0 Å². The standard InChI is InChI=1S/C22H27FN6O2/c1-14(13-31-2)27-22(29-21(30)17-5-3-4-15(10-17)12-24)28-20(26)11-19(25)16-6-8-18(23)9-7-16/h3-10,14,19-20H,11,13,25-26H2,1-2H3,(H2,27,28,29,30)/t14-,19?,20?/m0/s1. The van der Waals surface area contributed by atoms with Crippen LogP contribution in [0.1, 0.15) is 40.9 Å². The first-order valence-electron chi connectivity index (χ1n) is 9.74. The molecule has 0 bridgehead atoms. The van der Waals surface area contributed by atoms with Crippen molar-refractivity contribution in [3.63, 3.8) is 0 Å². The van der Waals surface area contributed by atoms with Gasteiger partial charge in [0.2, 0.25) is 5.96 Å². The molecule has 0 fully saturated rings. The van der Waals surface area contributed by atoms with Gasteiger partial charge in [-0.1, -0.05) is 18.2 Å². The average Bonchev–Trinajstić information content (AvgIpc) is 2.74. The third-order valence-corrected chi connectivity index (χ3v) is 4.38. The second-order valence-electron chi connectivity index (χ2n) is 7.10. The van der Waals surface area contributed by atoms with E-state index in [0.29, 0.717) is 18.6 Å². The number of hydrogen-bond acceptors (Lipinski definition) is 5.